The number of aryl methyl sites for hydroxylation is 1. The molecular formula is C29H35AcN5O5. The van der Waals surface area contributed by atoms with E-state index in [9.17, 15) is 20.3 Å². The first-order valence-electron chi connectivity index (χ1n) is 13.4. The minimum atomic E-state index is -0.700. The summed E-state index contributed by atoms with van der Waals surface area (Å²) in [5.74, 6) is 1.16. The Hall–Kier alpha value is -2.08. The van der Waals surface area contributed by atoms with Crippen LogP contribution in [0.2, 0.25) is 0 Å². The van der Waals surface area contributed by atoms with Gasteiger partial charge in [-0.1, -0.05) is 6.07 Å². The number of nitrogens with zero attached hydrogens (tertiary/aromatic N) is 3. The van der Waals surface area contributed by atoms with Crippen molar-refractivity contribution in [2.45, 2.75) is 76.8 Å². The Morgan fingerprint density at radius 1 is 1.15 bits per heavy atom. The molecule has 6 rings (SSSR count). The summed E-state index contributed by atoms with van der Waals surface area (Å²) in [4.78, 5) is 17.0. The Morgan fingerprint density at radius 3 is 2.52 bits per heavy atom. The molecule has 0 spiro atoms. The molecular weight excluding hydrogens is 725 g/mol. The zero-order valence-corrected chi connectivity index (χ0v) is 28.2. The van der Waals surface area contributed by atoms with E-state index in [0.29, 0.717) is 29.9 Å². The van der Waals surface area contributed by atoms with Gasteiger partial charge in [0, 0.05) is 84.9 Å². The number of amides is 1. The van der Waals surface area contributed by atoms with Crippen LogP contribution in [0.25, 0.3) is 0 Å². The summed E-state index contributed by atoms with van der Waals surface area (Å²) in [6, 6.07) is 2.38. The van der Waals surface area contributed by atoms with Crippen LogP contribution in [0.3, 0.4) is 0 Å². The number of nitrogens with one attached hydrogen (secondary N) is 1. The fraction of sp³-hybridized carbons (Fsp3) is 0.517. The maximum atomic E-state index is 12.6. The summed E-state index contributed by atoms with van der Waals surface area (Å²) in [6.07, 6.45) is 1.04. The summed E-state index contributed by atoms with van der Waals surface area (Å²) in [7, 11) is 2.02. The van der Waals surface area contributed by atoms with E-state index in [1.54, 1.807) is 13.8 Å². The van der Waals surface area contributed by atoms with Gasteiger partial charge >= 0.3 is 0 Å². The summed E-state index contributed by atoms with van der Waals surface area (Å²) in [5, 5.41) is 36.4. The number of hydrogen-bond donors (Lipinski definition) is 4. The fourth-order valence-electron chi connectivity index (χ4n) is 7.27. The Morgan fingerprint density at radius 2 is 1.85 bits per heavy atom. The number of piperazine rings is 1. The topological polar surface area (TPSA) is 144 Å². The number of rotatable bonds is 3. The number of carbonyl (C=O) groups excluding carboxylic acids is 1. The molecule has 2 aromatic rings. The molecule has 1 unspecified atom stereocenters. The van der Waals surface area contributed by atoms with Gasteiger partial charge in [-0.15, -0.1) is 0 Å². The second kappa shape index (κ2) is 10.6. The van der Waals surface area contributed by atoms with Gasteiger partial charge in [0.25, 0.3) is 0 Å². The van der Waals surface area contributed by atoms with Crippen LogP contribution in [0.15, 0.2) is 6.07 Å². The van der Waals surface area contributed by atoms with Crippen LogP contribution in [-0.2, 0) is 17.6 Å². The monoisotopic (exact) mass is 760 g/mol. The quantitative estimate of drug-likeness (QED) is 0.370. The average molecular weight is 761 g/mol. The van der Waals surface area contributed by atoms with Gasteiger partial charge in [-0.05, 0) is 64.3 Å². The third kappa shape index (κ3) is 4.14. The van der Waals surface area contributed by atoms with Crippen LogP contribution < -0.4 is 20.5 Å². The van der Waals surface area contributed by atoms with E-state index >= 15 is 0 Å². The Kier molecular flexibility index (Phi) is 7.82. The van der Waals surface area contributed by atoms with Gasteiger partial charge in [-0.2, -0.15) is 5.26 Å². The number of phenols is 2. The number of benzene rings is 2. The first kappa shape index (κ1) is 29.4. The number of hydrogen-bond acceptors (Lipinski definition) is 9. The summed E-state index contributed by atoms with van der Waals surface area (Å²) < 4.78 is 11.7. The van der Waals surface area contributed by atoms with Gasteiger partial charge in [0.15, 0.2) is 11.5 Å². The summed E-state index contributed by atoms with van der Waals surface area (Å²) >= 11 is 0. The first-order chi connectivity index (χ1) is 18.6. The number of nitrogens with two attached hydrogens (primary N) is 1. The van der Waals surface area contributed by atoms with E-state index in [-0.39, 0.29) is 92.9 Å². The molecule has 10 nitrogen and oxygen atoms in total. The van der Waals surface area contributed by atoms with Crippen molar-refractivity contribution in [3.8, 4) is 29.1 Å². The van der Waals surface area contributed by atoms with Gasteiger partial charge in [0.05, 0.1) is 24.2 Å². The average Bonchev–Trinajstić information content (AvgIpc) is 3.39. The van der Waals surface area contributed by atoms with Crippen molar-refractivity contribution in [3.63, 3.8) is 0 Å². The number of phenolic OH excluding ortho intramolecular Hbond substituents is 2. The Bertz CT molecular complexity index is 1440. The molecule has 5 N–H and O–H groups in total. The zero-order chi connectivity index (χ0) is 27.9. The standard InChI is InChI=1S/C29H35N5O5.Ac/c1-12-6-16-7-18-20(9-30)34-19(24(33(18)5)22(16)26(36)13(12)2)8-17-23(21(34)10-32-29(37)15(4)31)28-27(38-11-39-28)14(3)25(17)35;/h6,15,18-21,24,35-36H,7-8,10-11,31H2,1-5H3,(H,32,37);/t15-,18-,19?,20-,21-,24-;/m0./s1. The van der Waals surface area contributed by atoms with E-state index in [4.69, 9.17) is 15.2 Å². The number of fused-ring (bicyclic) bond motifs is 9. The molecule has 1 fully saturated rings. The van der Waals surface area contributed by atoms with Crippen LogP contribution in [0, 0.1) is 76.2 Å². The molecule has 1 radical (unpaired) electrons. The Balaban J connectivity index is 0.00000323. The third-order valence-corrected chi connectivity index (χ3v) is 9.34. The van der Waals surface area contributed by atoms with Crippen molar-refractivity contribution in [1.82, 2.24) is 15.1 Å². The SMILES string of the molecule is Cc1cc2c(c(O)c1C)[C@@H]1C3Cc4c(O)c(C)c5c(c4[C@H](CNC(=O)[C@H](C)N)N3[C@@H](C#N)[C@H](C2)N1C)OCO5.[Ac]. The maximum absolute atomic E-state index is 12.6. The zero-order valence-electron chi connectivity index (χ0n) is 23.5. The fourth-order valence-corrected chi connectivity index (χ4v) is 7.27. The molecule has 2 aromatic carbocycles. The minimum absolute atomic E-state index is 0. The van der Waals surface area contributed by atoms with E-state index in [1.807, 2.05) is 20.9 Å². The largest absolute Gasteiger partial charge is 0.507 e. The molecule has 11 heteroatoms. The molecule has 2 bridgehead atoms. The molecule has 1 amide bonds. The van der Waals surface area contributed by atoms with E-state index in [2.05, 4.69) is 27.3 Å². The molecule has 4 aliphatic rings. The number of likely N-dealkylation sites (N-methyl/N-ethyl adjacent to an activating group) is 1. The molecule has 209 valence electrons. The molecule has 0 aromatic heterocycles. The maximum Gasteiger partial charge on any atom is 0.236 e. The molecule has 4 heterocycles. The molecule has 0 saturated carbocycles. The molecule has 4 aliphatic heterocycles. The van der Waals surface area contributed by atoms with Gasteiger partial charge in [-0.25, -0.2) is 0 Å². The van der Waals surface area contributed by atoms with Crippen molar-refractivity contribution < 1.29 is 68.5 Å². The van der Waals surface area contributed by atoms with Crippen molar-refractivity contribution in [2.24, 2.45) is 5.73 Å². The normalized spacial score (nSPS) is 27.0. The predicted molar refractivity (Wildman–Crippen MR) is 143 cm³/mol. The molecule has 6 atom stereocenters. The van der Waals surface area contributed by atoms with E-state index in [0.717, 1.165) is 33.4 Å². The molecule has 1 saturated heterocycles. The van der Waals surface area contributed by atoms with Gasteiger partial charge in [0.1, 0.15) is 17.5 Å². The smallest absolute Gasteiger partial charge is 0.236 e. The van der Waals surface area contributed by atoms with Crippen LogP contribution in [0.4, 0.5) is 0 Å². The number of nitriles is 1. The minimum Gasteiger partial charge on any atom is -0.507 e. The number of carbonyl (C=O) groups is 1. The molecule has 40 heavy (non-hydrogen) atoms. The Labute approximate surface area is 270 Å². The summed E-state index contributed by atoms with van der Waals surface area (Å²) in [5.41, 5.74) is 11.7. The van der Waals surface area contributed by atoms with Gasteiger partial charge in [-0.3, -0.25) is 14.6 Å². The van der Waals surface area contributed by atoms with E-state index < -0.39 is 18.1 Å². The van der Waals surface area contributed by atoms with Crippen LogP contribution in [0.5, 0.6) is 23.0 Å². The van der Waals surface area contributed by atoms with Crippen LogP contribution in [-0.4, -0.2) is 70.5 Å². The van der Waals surface area contributed by atoms with Gasteiger partial charge < -0.3 is 30.7 Å². The van der Waals surface area contributed by atoms with Crippen LogP contribution >= 0.6 is 0 Å². The number of ether oxygens (including phenoxy) is 2. The van der Waals surface area contributed by atoms with Crippen molar-refractivity contribution in [3.05, 3.63) is 45.0 Å². The second-order valence-electron chi connectivity index (χ2n) is 11.4. The first-order valence-corrected chi connectivity index (χ1v) is 13.4. The number of aromatic hydroxyl groups is 2. The van der Waals surface area contributed by atoms with Gasteiger partial charge in [0.2, 0.25) is 12.7 Å². The third-order valence-electron chi connectivity index (χ3n) is 9.34. The van der Waals surface area contributed by atoms with Crippen molar-refractivity contribution in [1.29, 1.82) is 5.26 Å². The van der Waals surface area contributed by atoms with Crippen molar-refractivity contribution in [2.75, 3.05) is 20.4 Å². The molecule has 0 aliphatic carbocycles. The predicted octanol–water partition coefficient (Wildman–Crippen LogP) is 1.99. The second-order valence-corrected chi connectivity index (χ2v) is 11.4. The van der Waals surface area contributed by atoms with Crippen molar-refractivity contribution >= 4 is 5.91 Å². The van der Waals surface area contributed by atoms with E-state index in [1.165, 1.54) is 0 Å². The van der Waals surface area contributed by atoms with Crippen LogP contribution in [0.1, 0.15) is 58.0 Å². The summed E-state index contributed by atoms with van der Waals surface area (Å²) in [6.45, 7) is 7.55.